The highest BCUT2D eigenvalue weighted by atomic mass is 32.1. The van der Waals surface area contributed by atoms with Gasteiger partial charge in [-0.25, -0.2) is 0 Å². The summed E-state index contributed by atoms with van der Waals surface area (Å²) in [6, 6.07) is 0. The second-order valence-corrected chi connectivity index (χ2v) is 2.25. The van der Waals surface area contributed by atoms with E-state index in [1.807, 2.05) is 6.92 Å². The highest BCUT2D eigenvalue weighted by Crippen LogP contribution is 2.06. The summed E-state index contributed by atoms with van der Waals surface area (Å²) in [5, 5.41) is 2.52. The second-order valence-electron chi connectivity index (χ2n) is 1.84. The van der Waals surface area contributed by atoms with Gasteiger partial charge in [-0.2, -0.15) is 0 Å². The van der Waals surface area contributed by atoms with Gasteiger partial charge in [0.05, 0.1) is 0 Å². The Kier molecular flexibility index (Phi) is 1.62. The number of thiocarbonyl (C=S) groups is 1. The van der Waals surface area contributed by atoms with Gasteiger partial charge in [-0.3, -0.25) is 4.79 Å². The van der Waals surface area contributed by atoms with Crippen LogP contribution < -0.4 is 5.32 Å². The molecular formula is C6H7NOS. The predicted octanol–water partition coefficient (Wildman–Crippen LogP) is 0.780. The molecule has 0 radical (unpaired) electrons. The van der Waals surface area contributed by atoms with Gasteiger partial charge < -0.3 is 5.32 Å². The molecule has 48 valence electrons. The van der Waals surface area contributed by atoms with E-state index in [0.717, 1.165) is 12.0 Å². The molecule has 1 amide bonds. The Morgan fingerprint density at radius 2 is 2.44 bits per heavy atom. The van der Waals surface area contributed by atoms with Gasteiger partial charge >= 0.3 is 0 Å². The summed E-state index contributed by atoms with van der Waals surface area (Å²) in [7, 11) is 0. The van der Waals surface area contributed by atoms with Crippen LogP contribution in [0.25, 0.3) is 0 Å². The highest BCUT2D eigenvalue weighted by molar-refractivity contribution is 7.80. The lowest BCUT2D eigenvalue weighted by molar-refractivity contribution is -0.114. The molecule has 0 aromatic carbocycles. The zero-order valence-corrected chi connectivity index (χ0v) is 5.92. The van der Waals surface area contributed by atoms with Gasteiger partial charge in [0.15, 0.2) is 0 Å². The maximum absolute atomic E-state index is 10.5. The molecule has 1 aliphatic heterocycles. The van der Waals surface area contributed by atoms with E-state index in [2.05, 4.69) is 5.32 Å². The van der Waals surface area contributed by atoms with Gasteiger partial charge in [-0.1, -0.05) is 19.1 Å². The van der Waals surface area contributed by atoms with Crippen molar-refractivity contribution in [2.45, 2.75) is 13.3 Å². The molecule has 0 unspecified atom stereocenters. The summed E-state index contributed by atoms with van der Waals surface area (Å²) in [5.74, 6) is -0.0862. The van der Waals surface area contributed by atoms with E-state index in [4.69, 9.17) is 12.2 Å². The third-order valence-corrected chi connectivity index (χ3v) is 1.58. The minimum atomic E-state index is -0.0862. The standard InChI is InChI=1S/C6H7NOS/c1-2-4-3-5(8)7-6(4)9/h3H,2H2,1H3,(H,7,8,9). The highest BCUT2D eigenvalue weighted by Gasteiger charge is 2.13. The summed E-state index contributed by atoms with van der Waals surface area (Å²) < 4.78 is 0. The van der Waals surface area contributed by atoms with E-state index in [1.165, 1.54) is 0 Å². The number of carbonyl (C=O) groups excluding carboxylic acids is 1. The number of hydrogen-bond acceptors (Lipinski definition) is 2. The first-order valence-electron chi connectivity index (χ1n) is 2.80. The summed E-state index contributed by atoms with van der Waals surface area (Å²) in [4.78, 5) is 11.1. The van der Waals surface area contributed by atoms with Crippen molar-refractivity contribution >= 4 is 23.1 Å². The average Bonchev–Trinajstić information content (AvgIpc) is 2.10. The molecule has 0 spiro atoms. The van der Waals surface area contributed by atoms with Crippen LogP contribution in [0.1, 0.15) is 13.3 Å². The summed E-state index contributed by atoms with van der Waals surface area (Å²) >= 11 is 4.82. The lowest BCUT2D eigenvalue weighted by Gasteiger charge is -1.93. The maximum atomic E-state index is 10.5. The van der Waals surface area contributed by atoms with E-state index >= 15 is 0 Å². The van der Waals surface area contributed by atoms with Crippen molar-refractivity contribution in [3.05, 3.63) is 11.6 Å². The van der Waals surface area contributed by atoms with Crippen LogP contribution >= 0.6 is 12.2 Å². The van der Waals surface area contributed by atoms with Gasteiger partial charge in [-0.05, 0) is 12.0 Å². The van der Waals surface area contributed by atoms with Gasteiger partial charge in [0.25, 0.3) is 0 Å². The third kappa shape index (κ3) is 1.16. The zero-order chi connectivity index (χ0) is 6.85. The van der Waals surface area contributed by atoms with E-state index in [0.29, 0.717) is 4.99 Å². The van der Waals surface area contributed by atoms with Crippen LogP contribution in [-0.4, -0.2) is 10.9 Å². The first kappa shape index (κ1) is 6.42. The van der Waals surface area contributed by atoms with Gasteiger partial charge in [-0.15, -0.1) is 0 Å². The molecule has 0 aliphatic carbocycles. The Balaban J connectivity index is 2.80. The van der Waals surface area contributed by atoms with Gasteiger partial charge in [0, 0.05) is 6.08 Å². The van der Waals surface area contributed by atoms with Crippen LogP contribution in [0, 0.1) is 0 Å². The Morgan fingerprint density at radius 1 is 1.78 bits per heavy atom. The SMILES string of the molecule is CCC1=CC(=O)NC1=S. The van der Waals surface area contributed by atoms with Crippen LogP contribution in [0.2, 0.25) is 0 Å². The number of amides is 1. The number of rotatable bonds is 1. The minimum Gasteiger partial charge on any atom is -0.313 e. The molecule has 0 aromatic heterocycles. The van der Waals surface area contributed by atoms with Crippen molar-refractivity contribution in [2.24, 2.45) is 0 Å². The molecule has 0 saturated heterocycles. The molecule has 0 bridgehead atoms. The molecule has 2 nitrogen and oxygen atoms in total. The lowest BCUT2D eigenvalue weighted by atomic mass is 10.2. The molecule has 1 aliphatic rings. The van der Waals surface area contributed by atoms with Crippen molar-refractivity contribution < 1.29 is 4.79 Å². The second kappa shape index (κ2) is 2.27. The summed E-state index contributed by atoms with van der Waals surface area (Å²) in [6.07, 6.45) is 2.37. The smallest absolute Gasteiger partial charge is 0.249 e. The predicted molar refractivity (Wildman–Crippen MR) is 39.1 cm³/mol. The number of carbonyl (C=O) groups is 1. The zero-order valence-electron chi connectivity index (χ0n) is 5.10. The van der Waals surface area contributed by atoms with E-state index in [-0.39, 0.29) is 5.91 Å². The first-order chi connectivity index (χ1) is 4.24. The van der Waals surface area contributed by atoms with Crippen LogP contribution in [0.3, 0.4) is 0 Å². The fourth-order valence-electron chi connectivity index (χ4n) is 0.715. The molecule has 0 aromatic rings. The molecule has 1 heterocycles. The van der Waals surface area contributed by atoms with E-state index < -0.39 is 0 Å². The van der Waals surface area contributed by atoms with Crippen LogP contribution in [0.4, 0.5) is 0 Å². The van der Waals surface area contributed by atoms with Crippen molar-refractivity contribution in [2.75, 3.05) is 0 Å². The summed E-state index contributed by atoms with van der Waals surface area (Å²) in [5.41, 5.74) is 0.940. The molecule has 9 heavy (non-hydrogen) atoms. The van der Waals surface area contributed by atoms with Crippen molar-refractivity contribution in [1.29, 1.82) is 0 Å². The molecule has 1 N–H and O–H groups in total. The molecule has 1 rings (SSSR count). The first-order valence-corrected chi connectivity index (χ1v) is 3.20. The molecule has 3 heteroatoms. The van der Waals surface area contributed by atoms with Crippen molar-refractivity contribution in [3.63, 3.8) is 0 Å². The fraction of sp³-hybridized carbons (Fsp3) is 0.333. The molecular weight excluding hydrogens is 134 g/mol. The molecule has 0 atom stereocenters. The monoisotopic (exact) mass is 141 g/mol. The topological polar surface area (TPSA) is 29.1 Å². The number of nitrogens with one attached hydrogen (secondary N) is 1. The van der Waals surface area contributed by atoms with Gasteiger partial charge in [0.1, 0.15) is 4.99 Å². The van der Waals surface area contributed by atoms with E-state index in [9.17, 15) is 4.79 Å². The Labute approximate surface area is 58.9 Å². The van der Waals surface area contributed by atoms with Crippen molar-refractivity contribution in [1.82, 2.24) is 5.32 Å². The normalized spacial score (nSPS) is 17.7. The van der Waals surface area contributed by atoms with Crippen LogP contribution in [0.15, 0.2) is 11.6 Å². The lowest BCUT2D eigenvalue weighted by Crippen LogP contribution is -2.20. The Morgan fingerprint density at radius 3 is 2.67 bits per heavy atom. The quantitative estimate of drug-likeness (QED) is 0.547. The van der Waals surface area contributed by atoms with Gasteiger partial charge in [0.2, 0.25) is 5.91 Å². The largest absolute Gasteiger partial charge is 0.313 e. The van der Waals surface area contributed by atoms with E-state index in [1.54, 1.807) is 6.08 Å². The number of hydrogen-bond donors (Lipinski definition) is 1. The summed E-state index contributed by atoms with van der Waals surface area (Å²) in [6.45, 7) is 1.97. The Hall–Kier alpha value is -0.700. The maximum Gasteiger partial charge on any atom is 0.249 e. The minimum absolute atomic E-state index is 0.0862. The average molecular weight is 141 g/mol. The van der Waals surface area contributed by atoms with Crippen LogP contribution in [0.5, 0.6) is 0 Å². The third-order valence-electron chi connectivity index (χ3n) is 1.21. The van der Waals surface area contributed by atoms with Crippen molar-refractivity contribution in [3.8, 4) is 0 Å². The molecule has 0 saturated carbocycles. The Bertz CT molecular complexity index is 195. The van der Waals surface area contributed by atoms with Crippen LogP contribution in [-0.2, 0) is 4.79 Å². The fourth-order valence-corrected chi connectivity index (χ4v) is 1.02. The molecule has 0 fully saturated rings.